The molecule has 164 valence electrons. The highest BCUT2D eigenvalue weighted by Crippen LogP contribution is 2.38. The van der Waals surface area contributed by atoms with Crippen molar-refractivity contribution in [3.63, 3.8) is 0 Å². The number of halogens is 1. The zero-order valence-electron chi connectivity index (χ0n) is 17.0. The summed E-state index contributed by atoms with van der Waals surface area (Å²) >= 11 is 1.32. The van der Waals surface area contributed by atoms with Gasteiger partial charge in [-0.25, -0.2) is 17.5 Å². The Kier molecular flexibility index (Phi) is 5.97. The van der Waals surface area contributed by atoms with E-state index >= 15 is 0 Å². The maximum atomic E-state index is 14.6. The molecule has 0 atom stereocenters. The number of rotatable bonds is 5. The number of carbonyl (C=O) groups excluding carboxylic acids is 1. The van der Waals surface area contributed by atoms with Crippen LogP contribution in [0.3, 0.4) is 0 Å². The van der Waals surface area contributed by atoms with Gasteiger partial charge in [0, 0.05) is 11.4 Å². The number of sulfonamides is 1. The van der Waals surface area contributed by atoms with Crippen molar-refractivity contribution in [2.45, 2.75) is 11.8 Å². The first-order chi connectivity index (χ1) is 15.3. The van der Waals surface area contributed by atoms with Gasteiger partial charge in [0.1, 0.15) is 29.1 Å². The summed E-state index contributed by atoms with van der Waals surface area (Å²) in [4.78, 5) is 15.9. The number of nitrogens with zero attached hydrogens (tertiary/aromatic N) is 2. The average Bonchev–Trinajstić information content (AvgIpc) is 3.27. The van der Waals surface area contributed by atoms with Crippen LogP contribution in [0, 0.1) is 17.1 Å². The summed E-state index contributed by atoms with van der Waals surface area (Å²) in [7, 11) is -3.85. The summed E-state index contributed by atoms with van der Waals surface area (Å²) in [6, 6.07) is 14.1. The summed E-state index contributed by atoms with van der Waals surface area (Å²) < 4.78 is 47.2. The molecule has 0 saturated carbocycles. The minimum Gasteiger partial charge on any atom is -0.490 e. The second-order valence-corrected chi connectivity index (χ2v) is 9.76. The third kappa shape index (κ3) is 4.10. The number of carbonyl (C=O) groups is 1. The number of amides is 1. The van der Waals surface area contributed by atoms with Gasteiger partial charge in [0.05, 0.1) is 22.7 Å². The molecule has 32 heavy (non-hydrogen) atoms. The Hall–Kier alpha value is -3.26. The van der Waals surface area contributed by atoms with E-state index in [9.17, 15) is 17.6 Å². The molecule has 1 aliphatic heterocycles. The first-order valence-electron chi connectivity index (χ1n) is 9.72. The van der Waals surface area contributed by atoms with E-state index < -0.39 is 21.7 Å². The first kappa shape index (κ1) is 22.0. The lowest BCUT2D eigenvalue weighted by Gasteiger charge is -2.30. The molecule has 1 aliphatic rings. The van der Waals surface area contributed by atoms with E-state index in [1.54, 1.807) is 25.1 Å². The Morgan fingerprint density at radius 3 is 2.78 bits per heavy atom. The lowest BCUT2D eigenvalue weighted by molar-refractivity contribution is 0.0972. The molecule has 0 spiro atoms. The normalized spacial score (nSPS) is 13.2. The second kappa shape index (κ2) is 8.70. The highest BCUT2D eigenvalue weighted by molar-refractivity contribution is 7.89. The average molecular weight is 472 g/mol. The quantitative estimate of drug-likeness (QED) is 0.611. The summed E-state index contributed by atoms with van der Waals surface area (Å²) in [5.74, 6) is -1.02. The van der Waals surface area contributed by atoms with Gasteiger partial charge in [-0.2, -0.15) is 5.26 Å². The summed E-state index contributed by atoms with van der Waals surface area (Å²) in [6.07, 6.45) is 0. The third-order valence-corrected chi connectivity index (χ3v) is 7.46. The molecule has 1 amide bonds. The highest BCUT2D eigenvalue weighted by atomic mass is 32.2. The Morgan fingerprint density at radius 1 is 1.25 bits per heavy atom. The molecule has 0 aliphatic carbocycles. The summed E-state index contributed by atoms with van der Waals surface area (Å²) in [5.41, 5.74) is 0.887. The fraction of sp³-hybridized carbons (Fsp3) is 0.182. The predicted molar refractivity (Wildman–Crippen MR) is 119 cm³/mol. The van der Waals surface area contributed by atoms with E-state index in [2.05, 4.69) is 10.8 Å². The molecule has 0 unspecified atom stereocenters. The Morgan fingerprint density at radius 2 is 2.06 bits per heavy atom. The number of fused-ring (bicyclic) bond motifs is 1. The lowest BCUT2D eigenvalue weighted by atomic mass is 10.1. The molecule has 1 aromatic heterocycles. The topological polar surface area (TPSA) is 99.5 Å². The van der Waals surface area contributed by atoms with Gasteiger partial charge in [-0.05, 0) is 54.1 Å². The van der Waals surface area contributed by atoms with Crippen LogP contribution in [-0.4, -0.2) is 34.0 Å². The van der Waals surface area contributed by atoms with Crippen molar-refractivity contribution >= 4 is 33.0 Å². The van der Waals surface area contributed by atoms with E-state index in [4.69, 9.17) is 10.00 Å². The Labute approximate surface area is 188 Å². The molecule has 0 fully saturated rings. The SMILES string of the molecule is CCNS(=O)(=O)c1ccc(F)c(C(=O)N2CCOc3ccc(-c4ccc(C#N)s4)cc32)c1. The number of anilines is 1. The largest absolute Gasteiger partial charge is 0.490 e. The standard InChI is InChI=1S/C22H18FN3O4S2/c1-2-25-32(28,29)16-5-6-18(23)17(12-16)22(27)26-9-10-30-20-7-3-14(11-19(20)26)21-8-4-15(13-24)31-21/h3-8,11-12,25H,2,9-10H2,1H3. The van der Waals surface area contributed by atoms with E-state index in [1.165, 1.54) is 16.2 Å². The van der Waals surface area contributed by atoms with Crippen molar-refractivity contribution in [1.29, 1.82) is 5.26 Å². The second-order valence-electron chi connectivity index (χ2n) is 6.91. The monoisotopic (exact) mass is 471 g/mol. The van der Waals surface area contributed by atoms with Crippen molar-refractivity contribution < 1.29 is 22.3 Å². The number of hydrogen-bond acceptors (Lipinski definition) is 6. The van der Waals surface area contributed by atoms with Gasteiger partial charge in [-0.15, -0.1) is 11.3 Å². The molecule has 10 heteroatoms. The molecule has 3 aromatic rings. The smallest absolute Gasteiger partial charge is 0.261 e. The van der Waals surface area contributed by atoms with Gasteiger partial charge in [-0.1, -0.05) is 6.92 Å². The first-order valence-corrected chi connectivity index (χ1v) is 12.0. The van der Waals surface area contributed by atoms with Crippen molar-refractivity contribution in [1.82, 2.24) is 4.72 Å². The summed E-state index contributed by atoms with van der Waals surface area (Å²) in [6.45, 7) is 2.18. The summed E-state index contributed by atoms with van der Waals surface area (Å²) in [5, 5.41) is 9.07. The van der Waals surface area contributed by atoms with Gasteiger partial charge < -0.3 is 9.64 Å². The lowest BCUT2D eigenvalue weighted by Crippen LogP contribution is -2.38. The van der Waals surface area contributed by atoms with E-state index in [1.807, 2.05) is 12.1 Å². The highest BCUT2D eigenvalue weighted by Gasteiger charge is 2.28. The maximum Gasteiger partial charge on any atom is 0.261 e. The fourth-order valence-electron chi connectivity index (χ4n) is 3.39. The number of thiophene rings is 1. The van der Waals surface area contributed by atoms with Crippen molar-refractivity contribution in [2.75, 3.05) is 24.6 Å². The van der Waals surface area contributed by atoms with Crippen LogP contribution < -0.4 is 14.4 Å². The van der Waals surface area contributed by atoms with Gasteiger partial charge >= 0.3 is 0 Å². The van der Waals surface area contributed by atoms with Crippen LogP contribution >= 0.6 is 11.3 Å². The predicted octanol–water partition coefficient (Wildman–Crippen LogP) is 3.76. The van der Waals surface area contributed by atoms with Crippen molar-refractivity contribution in [3.8, 4) is 22.3 Å². The van der Waals surface area contributed by atoms with Crippen LogP contribution in [0.5, 0.6) is 5.75 Å². The molecule has 7 nitrogen and oxygen atoms in total. The van der Waals surface area contributed by atoms with Crippen molar-refractivity contribution in [2.24, 2.45) is 0 Å². The van der Waals surface area contributed by atoms with Gasteiger partial charge in [-0.3, -0.25) is 4.79 Å². The fourth-order valence-corrected chi connectivity index (χ4v) is 5.26. The minimum absolute atomic E-state index is 0.166. The van der Waals surface area contributed by atoms with Crippen LogP contribution in [0.15, 0.2) is 53.4 Å². The van der Waals surface area contributed by atoms with Crippen LogP contribution in [0.4, 0.5) is 10.1 Å². The Bertz CT molecular complexity index is 1350. The number of nitrogens with one attached hydrogen (secondary N) is 1. The Balaban J connectivity index is 1.74. The molecule has 4 rings (SSSR count). The molecular formula is C22H18FN3O4S2. The van der Waals surface area contributed by atoms with E-state index in [0.29, 0.717) is 16.3 Å². The number of ether oxygens (including phenoxy) is 1. The molecule has 2 heterocycles. The van der Waals surface area contributed by atoms with Gasteiger partial charge in [0.15, 0.2) is 0 Å². The van der Waals surface area contributed by atoms with Crippen LogP contribution in [0.2, 0.25) is 0 Å². The van der Waals surface area contributed by atoms with Crippen molar-refractivity contribution in [3.05, 3.63) is 64.8 Å². The number of nitriles is 1. The third-order valence-electron chi connectivity index (χ3n) is 4.88. The van der Waals surface area contributed by atoms with E-state index in [0.717, 1.165) is 28.6 Å². The molecule has 0 radical (unpaired) electrons. The molecule has 1 N–H and O–H groups in total. The zero-order valence-corrected chi connectivity index (χ0v) is 18.6. The van der Waals surface area contributed by atoms with Gasteiger partial charge in [0.2, 0.25) is 10.0 Å². The number of benzene rings is 2. The van der Waals surface area contributed by atoms with E-state index in [-0.39, 0.29) is 30.2 Å². The molecule has 0 bridgehead atoms. The minimum atomic E-state index is -3.85. The maximum absolute atomic E-state index is 14.6. The van der Waals surface area contributed by atoms with Crippen LogP contribution in [-0.2, 0) is 10.0 Å². The molecular weight excluding hydrogens is 453 g/mol. The molecule has 0 saturated heterocycles. The van der Waals surface area contributed by atoms with Crippen LogP contribution in [0.1, 0.15) is 22.2 Å². The zero-order chi connectivity index (χ0) is 22.9. The molecule has 2 aromatic carbocycles. The van der Waals surface area contributed by atoms with Crippen LogP contribution in [0.25, 0.3) is 10.4 Å². The number of hydrogen-bond donors (Lipinski definition) is 1. The van der Waals surface area contributed by atoms with Gasteiger partial charge in [0.25, 0.3) is 5.91 Å².